The van der Waals surface area contributed by atoms with Gasteiger partial charge in [0, 0.05) is 22.8 Å². The monoisotopic (exact) mass is 263 g/mol. The zero-order chi connectivity index (χ0) is 13.1. The number of nitrogens with one attached hydrogen (secondary N) is 2. The van der Waals surface area contributed by atoms with Gasteiger partial charge in [-0.2, -0.15) is 5.26 Å². The number of rotatable bonds is 3. The number of carbonyl (C=O) groups is 1. The third kappa shape index (κ3) is 2.51. The predicted octanol–water partition coefficient (Wildman–Crippen LogP) is 1.06. The molecular formula is C12H13N3O2S. The summed E-state index contributed by atoms with van der Waals surface area (Å²) < 4.78 is 11.0. The normalized spacial score (nSPS) is 19.1. The Morgan fingerprint density at radius 3 is 2.94 bits per heavy atom. The fourth-order valence-electron chi connectivity index (χ4n) is 1.85. The third-order valence-electron chi connectivity index (χ3n) is 2.77. The van der Waals surface area contributed by atoms with E-state index in [-0.39, 0.29) is 5.91 Å². The molecule has 1 aromatic rings. The standard InChI is InChI=1S/C12H13N3O2S/c1-18(17)6-5-10-12(16)15-11-8(7-13)3-2-4-9(11)14-10/h2-4,10,14H,5-6H2,1H3,(H,15,16). The summed E-state index contributed by atoms with van der Waals surface area (Å²) >= 11 is 0. The minimum atomic E-state index is -0.918. The number of fused-ring (bicyclic) bond motifs is 1. The van der Waals surface area contributed by atoms with E-state index in [0.717, 1.165) is 5.69 Å². The summed E-state index contributed by atoms with van der Waals surface area (Å²) in [6, 6.07) is 6.87. The smallest absolute Gasteiger partial charge is 0.246 e. The third-order valence-corrected chi connectivity index (χ3v) is 3.58. The van der Waals surface area contributed by atoms with Crippen LogP contribution in [0.15, 0.2) is 18.2 Å². The number of nitriles is 1. The van der Waals surface area contributed by atoms with Crippen LogP contribution in [0.1, 0.15) is 12.0 Å². The second-order valence-electron chi connectivity index (χ2n) is 4.09. The molecular weight excluding hydrogens is 250 g/mol. The number of nitrogens with zero attached hydrogens (tertiary/aromatic N) is 1. The van der Waals surface area contributed by atoms with Crippen LogP contribution < -0.4 is 10.6 Å². The molecule has 0 bridgehead atoms. The van der Waals surface area contributed by atoms with E-state index >= 15 is 0 Å². The second-order valence-corrected chi connectivity index (χ2v) is 5.65. The molecule has 1 amide bonds. The van der Waals surface area contributed by atoms with Gasteiger partial charge in [-0.3, -0.25) is 9.00 Å². The van der Waals surface area contributed by atoms with Gasteiger partial charge in [-0.1, -0.05) is 6.07 Å². The Balaban J connectivity index is 2.21. The predicted molar refractivity (Wildman–Crippen MR) is 70.7 cm³/mol. The van der Waals surface area contributed by atoms with Gasteiger partial charge in [0.25, 0.3) is 0 Å². The molecule has 94 valence electrons. The summed E-state index contributed by atoms with van der Waals surface area (Å²) in [5, 5.41) is 14.8. The Morgan fingerprint density at radius 1 is 1.50 bits per heavy atom. The first-order valence-electron chi connectivity index (χ1n) is 5.52. The van der Waals surface area contributed by atoms with Crippen LogP contribution in [-0.2, 0) is 15.6 Å². The Bertz CT molecular complexity index is 551. The van der Waals surface area contributed by atoms with Gasteiger partial charge in [-0.25, -0.2) is 0 Å². The lowest BCUT2D eigenvalue weighted by atomic mass is 10.1. The first-order chi connectivity index (χ1) is 8.61. The molecule has 2 N–H and O–H groups in total. The van der Waals surface area contributed by atoms with Gasteiger partial charge in [-0.15, -0.1) is 0 Å². The van der Waals surface area contributed by atoms with Crippen LogP contribution in [0.3, 0.4) is 0 Å². The molecule has 0 aromatic heterocycles. The molecule has 1 aliphatic rings. The minimum Gasteiger partial charge on any atom is -0.372 e. The van der Waals surface area contributed by atoms with Crippen LogP contribution in [0.25, 0.3) is 0 Å². The van der Waals surface area contributed by atoms with Crippen molar-refractivity contribution in [1.82, 2.24) is 0 Å². The van der Waals surface area contributed by atoms with Crippen molar-refractivity contribution in [3.8, 4) is 6.07 Å². The van der Waals surface area contributed by atoms with Crippen LogP contribution >= 0.6 is 0 Å². The number of hydrogen-bond donors (Lipinski definition) is 2. The van der Waals surface area contributed by atoms with Gasteiger partial charge in [-0.05, 0) is 18.6 Å². The Hall–Kier alpha value is -1.87. The fraction of sp³-hybridized carbons (Fsp3) is 0.333. The topological polar surface area (TPSA) is 82.0 Å². The van der Waals surface area contributed by atoms with Gasteiger partial charge < -0.3 is 10.6 Å². The van der Waals surface area contributed by atoms with Crippen LogP contribution in [0.2, 0.25) is 0 Å². The van der Waals surface area contributed by atoms with E-state index in [4.69, 9.17) is 5.26 Å². The first kappa shape index (κ1) is 12.6. The molecule has 0 aliphatic carbocycles. The SMILES string of the molecule is CS(=O)CCC1Nc2cccc(C#N)c2NC1=O. The van der Waals surface area contributed by atoms with Gasteiger partial charge in [0.05, 0.1) is 16.9 Å². The molecule has 2 rings (SSSR count). The molecule has 0 fully saturated rings. The van der Waals surface area contributed by atoms with Crippen molar-refractivity contribution in [3.63, 3.8) is 0 Å². The maximum Gasteiger partial charge on any atom is 0.246 e. The number of hydrogen-bond acceptors (Lipinski definition) is 4. The highest BCUT2D eigenvalue weighted by molar-refractivity contribution is 7.84. The summed E-state index contributed by atoms with van der Waals surface area (Å²) in [7, 11) is -0.918. The lowest BCUT2D eigenvalue weighted by molar-refractivity contribution is -0.117. The van der Waals surface area contributed by atoms with Gasteiger partial charge in [0.1, 0.15) is 12.1 Å². The van der Waals surface area contributed by atoms with Crippen LogP contribution in [0.4, 0.5) is 11.4 Å². The van der Waals surface area contributed by atoms with Crippen LogP contribution in [0.5, 0.6) is 0 Å². The Morgan fingerprint density at radius 2 is 2.28 bits per heavy atom. The number of benzene rings is 1. The summed E-state index contributed by atoms with van der Waals surface area (Å²) in [5.74, 6) is 0.286. The van der Waals surface area contributed by atoms with Crippen molar-refractivity contribution in [3.05, 3.63) is 23.8 Å². The minimum absolute atomic E-state index is 0.185. The van der Waals surface area contributed by atoms with Crippen molar-refractivity contribution in [2.45, 2.75) is 12.5 Å². The van der Waals surface area contributed by atoms with Gasteiger partial charge in [0.2, 0.25) is 5.91 Å². The maximum absolute atomic E-state index is 11.9. The molecule has 2 unspecified atom stereocenters. The molecule has 1 aliphatic heterocycles. The van der Waals surface area contributed by atoms with E-state index in [9.17, 15) is 9.00 Å². The lowest BCUT2D eigenvalue weighted by Crippen LogP contribution is -2.40. The largest absolute Gasteiger partial charge is 0.372 e. The highest BCUT2D eigenvalue weighted by atomic mass is 32.2. The fourth-order valence-corrected chi connectivity index (χ4v) is 2.42. The van der Waals surface area contributed by atoms with E-state index in [0.29, 0.717) is 23.4 Å². The average Bonchev–Trinajstić information content (AvgIpc) is 2.35. The van der Waals surface area contributed by atoms with Crippen molar-refractivity contribution in [2.75, 3.05) is 22.6 Å². The van der Waals surface area contributed by atoms with Crippen molar-refractivity contribution < 1.29 is 9.00 Å². The maximum atomic E-state index is 11.9. The Kier molecular flexibility index (Phi) is 3.63. The number of carbonyl (C=O) groups excluding carboxylic acids is 1. The van der Waals surface area contributed by atoms with E-state index < -0.39 is 16.8 Å². The Labute approximate surface area is 108 Å². The summed E-state index contributed by atoms with van der Waals surface area (Å²) in [6.45, 7) is 0. The molecule has 0 spiro atoms. The van der Waals surface area contributed by atoms with E-state index in [2.05, 4.69) is 10.6 Å². The summed E-state index contributed by atoms with van der Waals surface area (Å²) in [5.41, 5.74) is 1.70. The molecule has 1 heterocycles. The molecule has 6 heteroatoms. The molecule has 0 saturated heterocycles. The number of amides is 1. The lowest BCUT2D eigenvalue weighted by Gasteiger charge is -2.27. The number of para-hydroxylation sites is 1. The van der Waals surface area contributed by atoms with Gasteiger partial charge in [0.15, 0.2) is 0 Å². The molecule has 5 nitrogen and oxygen atoms in total. The summed E-state index contributed by atoms with van der Waals surface area (Å²) in [6.07, 6.45) is 2.12. The molecule has 0 saturated carbocycles. The molecule has 0 radical (unpaired) electrons. The van der Waals surface area contributed by atoms with Crippen molar-refractivity contribution in [2.24, 2.45) is 0 Å². The van der Waals surface area contributed by atoms with E-state index in [1.807, 2.05) is 12.1 Å². The van der Waals surface area contributed by atoms with Crippen molar-refractivity contribution in [1.29, 1.82) is 5.26 Å². The van der Waals surface area contributed by atoms with E-state index in [1.165, 1.54) is 0 Å². The second kappa shape index (κ2) is 5.19. The van der Waals surface area contributed by atoms with Crippen LogP contribution in [0, 0.1) is 11.3 Å². The van der Waals surface area contributed by atoms with Crippen molar-refractivity contribution >= 4 is 28.1 Å². The highest BCUT2D eigenvalue weighted by Gasteiger charge is 2.26. The number of anilines is 2. The highest BCUT2D eigenvalue weighted by Crippen LogP contribution is 2.30. The zero-order valence-electron chi connectivity index (χ0n) is 9.90. The zero-order valence-corrected chi connectivity index (χ0v) is 10.7. The average molecular weight is 263 g/mol. The molecule has 1 aromatic carbocycles. The summed E-state index contributed by atoms with van der Waals surface area (Å²) in [4.78, 5) is 11.9. The first-order valence-corrected chi connectivity index (χ1v) is 7.25. The molecule has 18 heavy (non-hydrogen) atoms. The molecule has 2 atom stereocenters. The van der Waals surface area contributed by atoms with Crippen LogP contribution in [-0.4, -0.2) is 28.2 Å². The van der Waals surface area contributed by atoms with E-state index in [1.54, 1.807) is 18.4 Å². The quantitative estimate of drug-likeness (QED) is 0.854. The van der Waals surface area contributed by atoms with Gasteiger partial charge >= 0.3 is 0 Å².